The number of rotatable bonds is 5. The molecule has 0 bridgehead atoms. The van der Waals surface area contributed by atoms with Gasteiger partial charge in [0.25, 0.3) is 5.91 Å². The highest BCUT2D eigenvalue weighted by molar-refractivity contribution is 5.93. The van der Waals surface area contributed by atoms with Gasteiger partial charge in [0.05, 0.1) is 32.3 Å². The van der Waals surface area contributed by atoms with Crippen LogP contribution in [0.2, 0.25) is 0 Å². The van der Waals surface area contributed by atoms with E-state index in [1.165, 1.54) is 0 Å². The quantitative estimate of drug-likeness (QED) is 0.795. The Labute approximate surface area is 130 Å². The van der Waals surface area contributed by atoms with Crippen LogP contribution in [0.25, 0.3) is 0 Å². The van der Waals surface area contributed by atoms with Crippen molar-refractivity contribution in [2.45, 2.75) is 31.1 Å². The van der Waals surface area contributed by atoms with E-state index in [0.29, 0.717) is 38.5 Å². The summed E-state index contributed by atoms with van der Waals surface area (Å²) in [7, 11) is 3.38. The van der Waals surface area contributed by atoms with Crippen molar-refractivity contribution in [1.82, 2.24) is 14.7 Å². The fraction of sp³-hybridized carbons (Fsp3) is 0.733. The molecule has 1 unspecified atom stereocenters. The summed E-state index contributed by atoms with van der Waals surface area (Å²) in [5, 5.41) is 4.30. The molecule has 0 aromatic carbocycles. The van der Waals surface area contributed by atoms with Gasteiger partial charge < -0.3 is 19.1 Å². The van der Waals surface area contributed by atoms with E-state index < -0.39 is 0 Å². The Kier molecular flexibility index (Phi) is 4.46. The van der Waals surface area contributed by atoms with E-state index in [1.807, 2.05) is 0 Å². The Hall–Kier alpha value is -1.44. The Morgan fingerprint density at radius 1 is 1.50 bits per heavy atom. The van der Waals surface area contributed by atoms with Crippen molar-refractivity contribution in [2.24, 2.45) is 0 Å². The highest BCUT2D eigenvalue weighted by Crippen LogP contribution is 2.35. The predicted octanol–water partition coefficient (Wildman–Crippen LogP) is 0.549. The van der Waals surface area contributed by atoms with E-state index in [2.05, 4.69) is 5.10 Å². The van der Waals surface area contributed by atoms with Crippen LogP contribution in [0.5, 0.6) is 0 Å². The fourth-order valence-corrected chi connectivity index (χ4v) is 3.14. The third-order valence-electron chi connectivity index (χ3n) is 4.41. The number of carbonyl (C=O) groups excluding carboxylic acids is 1. The molecule has 3 rings (SSSR count). The van der Waals surface area contributed by atoms with Crippen LogP contribution in [-0.4, -0.2) is 72.8 Å². The largest absolute Gasteiger partial charge is 0.383 e. The molecule has 22 heavy (non-hydrogen) atoms. The third kappa shape index (κ3) is 3.02. The summed E-state index contributed by atoms with van der Waals surface area (Å²) in [6.07, 6.45) is 3.82. The summed E-state index contributed by atoms with van der Waals surface area (Å²) in [4.78, 5) is 14.2. The molecule has 2 fully saturated rings. The topological polar surface area (TPSA) is 65.8 Å². The van der Waals surface area contributed by atoms with E-state index in [1.54, 1.807) is 36.1 Å². The Bertz CT molecular complexity index is 525. The van der Waals surface area contributed by atoms with Crippen molar-refractivity contribution in [3.63, 3.8) is 0 Å². The second-order valence-electron chi connectivity index (χ2n) is 6.00. The summed E-state index contributed by atoms with van der Waals surface area (Å²) < 4.78 is 18.1. The average Bonchev–Trinajstić information content (AvgIpc) is 2.98. The second kappa shape index (κ2) is 6.36. The first-order valence-corrected chi connectivity index (χ1v) is 7.64. The Morgan fingerprint density at radius 2 is 2.32 bits per heavy atom. The van der Waals surface area contributed by atoms with Crippen LogP contribution in [0.15, 0.2) is 12.3 Å². The first-order chi connectivity index (χ1) is 10.7. The smallest absolute Gasteiger partial charge is 0.274 e. The van der Waals surface area contributed by atoms with Gasteiger partial charge in [-0.15, -0.1) is 0 Å². The summed E-state index contributed by atoms with van der Waals surface area (Å²) in [6, 6.07) is 1.75. The molecular weight excluding hydrogens is 286 g/mol. The lowest BCUT2D eigenvalue weighted by molar-refractivity contribution is -0.182. The highest BCUT2D eigenvalue weighted by Gasteiger charge is 2.49. The van der Waals surface area contributed by atoms with Gasteiger partial charge in [-0.25, -0.2) is 0 Å². The van der Waals surface area contributed by atoms with Crippen LogP contribution >= 0.6 is 0 Å². The molecule has 1 atom stereocenters. The lowest BCUT2D eigenvalue weighted by atomic mass is 9.84. The number of likely N-dealkylation sites (tertiary alicyclic amines) is 1. The fourth-order valence-electron chi connectivity index (χ4n) is 3.14. The van der Waals surface area contributed by atoms with Crippen molar-refractivity contribution in [1.29, 1.82) is 0 Å². The van der Waals surface area contributed by atoms with Gasteiger partial charge in [-0.05, 0) is 12.5 Å². The van der Waals surface area contributed by atoms with Gasteiger partial charge in [-0.2, -0.15) is 5.10 Å². The monoisotopic (exact) mass is 309 g/mol. The molecule has 0 N–H and O–H groups in total. The van der Waals surface area contributed by atoms with Crippen molar-refractivity contribution < 1.29 is 19.0 Å². The molecule has 1 spiro atoms. The maximum absolute atomic E-state index is 12.4. The molecule has 0 radical (unpaired) electrons. The molecule has 2 saturated heterocycles. The van der Waals surface area contributed by atoms with Crippen molar-refractivity contribution in [2.75, 3.05) is 40.5 Å². The first kappa shape index (κ1) is 15.5. The van der Waals surface area contributed by atoms with Gasteiger partial charge in [0.2, 0.25) is 0 Å². The lowest BCUT2D eigenvalue weighted by Crippen LogP contribution is -2.67. The van der Waals surface area contributed by atoms with Crippen molar-refractivity contribution >= 4 is 5.91 Å². The van der Waals surface area contributed by atoms with Gasteiger partial charge in [-0.1, -0.05) is 0 Å². The Morgan fingerprint density at radius 3 is 3.05 bits per heavy atom. The number of hydrogen-bond acceptors (Lipinski definition) is 5. The van der Waals surface area contributed by atoms with Crippen LogP contribution in [0.4, 0.5) is 0 Å². The zero-order valence-corrected chi connectivity index (χ0v) is 13.2. The van der Waals surface area contributed by atoms with Crippen LogP contribution in [0.1, 0.15) is 23.3 Å². The molecule has 1 amide bonds. The number of methoxy groups -OCH3 is 2. The van der Waals surface area contributed by atoms with Crippen LogP contribution in [0.3, 0.4) is 0 Å². The highest BCUT2D eigenvalue weighted by atomic mass is 16.5. The molecule has 1 aromatic heterocycles. The van der Waals surface area contributed by atoms with Crippen molar-refractivity contribution in [3.8, 4) is 0 Å². The minimum Gasteiger partial charge on any atom is -0.383 e. The normalized spacial score (nSPS) is 23.5. The molecule has 7 nitrogen and oxygen atoms in total. The number of carbonyl (C=O) groups is 1. The molecule has 3 heterocycles. The van der Waals surface area contributed by atoms with Gasteiger partial charge in [0.15, 0.2) is 0 Å². The predicted molar refractivity (Wildman–Crippen MR) is 78.7 cm³/mol. The molecule has 122 valence electrons. The second-order valence-corrected chi connectivity index (χ2v) is 6.00. The summed E-state index contributed by atoms with van der Waals surface area (Å²) >= 11 is 0. The minimum atomic E-state index is -0.215. The average molecular weight is 309 g/mol. The first-order valence-electron chi connectivity index (χ1n) is 7.64. The summed E-state index contributed by atoms with van der Waals surface area (Å²) in [5.41, 5.74) is 0.262. The van der Waals surface area contributed by atoms with E-state index in [0.717, 1.165) is 12.8 Å². The lowest BCUT2D eigenvalue weighted by Gasteiger charge is -2.52. The molecule has 0 saturated carbocycles. The molecule has 2 aliphatic rings. The van der Waals surface area contributed by atoms with Gasteiger partial charge in [0, 0.05) is 33.4 Å². The molecular formula is C15H23N3O4. The van der Waals surface area contributed by atoms with Crippen LogP contribution < -0.4 is 0 Å². The number of nitrogens with zero attached hydrogens (tertiary/aromatic N) is 3. The van der Waals surface area contributed by atoms with Gasteiger partial charge >= 0.3 is 0 Å². The SMILES string of the molecule is COCCn1ccc(C(=O)N2CC3(CC(OC)CCO3)C2)n1. The van der Waals surface area contributed by atoms with Crippen LogP contribution in [0, 0.1) is 0 Å². The zero-order valence-electron chi connectivity index (χ0n) is 13.2. The van der Waals surface area contributed by atoms with Gasteiger partial charge in [0.1, 0.15) is 11.3 Å². The van der Waals surface area contributed by atoms with E-state index in [9.17, 15) is 4.79 Å². The molecule has 2 aliphatic heterocycles. The van der Waals surface area contributed by atoms with E-state index >= 15 is 0 Å². The van der Waals surface area contributed by atoms with Gasteiger partial charge in [-0.3, -0.25) is 9.48 Å². The molecule has 0 aliphatic carbocycles. The van der Waals surface area contributed by atoms with E-state index in [-0.39, 0.29) is 17.6 Å². The zero-order chi connectivity index (χ0) is 15.6. The number of ether oxygens (including phenoxy) is 3. The third-order valence-corrected chi connectivity index (χ3v) is 4.41. The van der Waals surface area contributed by atoms with Crippen LogP contribution in [-0.2, 0) is 20.8 Å². The summed E-state index contributed by atoms with van der Waals surface area (Å²) in [5.74, 6) is -0.0371. The number of amides is 1. The summed E-state index contributed by atoms with van der Waals surface area (Å²) in [6.45, 7) is 3.17. The van der Waals surface area contributed by atoms with Crippen molar-refractivity contribution in [3.05, 3.63) is 18.0 Å². The number of hydrogen-bond donors (Lipinski definition) is 0. The minimum absolute atomic E-state index is 0.0371. The standard InChI is InChI=1S/C15H23N3O4/c1-20-8-6-18-5-3-13(16-18)14(19)17-10-15(11-17)9-12(21-2)4-7-22-15/h3,5,12H,4,6-11H2,1-2H3. The maximum Gasteiger partial charge on any atom is 0.274 e. The Balaban J connectivity index is 1.55. The maximum atomic E-state index is 12.4. The van der Waals surface area contributed by atoms with E-state index in [4.69, 9.17) is 14.2 Å². The molecule has 1 aromatic rings. The molecule has 7 heteroatoms. The number of aromatic nitrogens is 2.